The van der Waals surface area contributed by atoms with Crippen LogP contribution in [0.3, 0.4) is 0 Å². The number of carbonyl (C=O) groups is 5. The molecule has 3 aromatic carbocycles. The van der Waals surface area contributed by atoms with Crippen LogP contribution < -0.4 is 20.6 Å². The number of sulfonamides is 1. The Bertz CT molecular complexity index is 2130. The number of urea groups is 2. The quantitative estimate of drug-likeness (QED) is 0.105. The molecule has 2 unspecified atom stereocenters. The zero-order valence-corrected chi connectivity index (χ0v) is 28.3. The van der Waals surface area contributed by atoms with E-state index in [1.807, 2.05) is 0 Å². The number of phenols is 3. The van der Waals surface area contributed by atoms with Crippen molar-refractivity contribution in [2.75, 3.05) is 25.4 Å². The Balaban J connectivity index is 1.33. The van der Waals surface area contributed by atoms with Gasteiger partial charge in [-0.1, -0.05) is 17.7 Å². The first-order valence-electron chi connectivity index (χ1n) is 15.2. The summed E-state index contributed by atoms with van der Waals surface area (Å²) in [7, 11) is -6.45. The molecule has 0 radical (unpaired) electrons. The van der Waals surface area contributed by atoms with Crippen molar-refractivity contribution in [3.8, 4) is 23.0 Å². The maximum atomic E-state index is 14.6. The average Bonchev–Trinajstić information content (AvgIpc) is 3.50. The summed E-state index contributed by atoms with van der Waals surface area (Å²) in [6, 6.07) is 2.58. The van der Waals surface area contributed by atoms with Gasteiger partial charge in [0.15, 0.2) is 17.3 Å². The number of phenolic OH excluding ortho intramolecular Hbond substituents is 3. The van der Waals surface area contributed by atoms with Crippen molar-refractivity contribution in [3.63, 3.8) is 0 Å². The van der Waals surface area contributed by atoms with Crippen molar-refractivity contribution in [1.29, 1.82) is 0 Å². The monoisotopic (exact) mass is 781 g/mol. The lowest BCUT2D eigenvalue weighted by Gasteiger charge is -2.31. The zero-order chi connectivity index (χ0) is 38.9. The van der Waals surface area contributed by atoms with Gasteiger partial charge >= 0.3 is 25.1 Å². The summed E-state index contributed by atoms with van der Waals surface area (Å²) >= 11 is 6.10. The summed E-state index contributed by atoms with van der Waals surface area (Å²) < 4.78 is 60.3. The molecule has 8 N–H and O–H groups in total. The summed E-state index contributed by atoms with van der Waals surface area (Å²) in [5.41, 5.74) is -1.41. The van der Waals surface area contributed by atoms with E-state index in [1.54, 1.807) is 0 Å². The number of nitrogens with one attached hydrogen (secondary N) is 3. The standard InChI is InChI=1S/C30H27BClF2N5O13S/c32-21-16(12-18(34)23(41)24(21)42)22(27(44)36-19-11-14-3-6-17(33)20(28(45)46)25(14)52-31(19)49)37-29(47)38-8-9-39(30(38)48)53(50,51)10-7-35-26(43)13-1-4-15(40)5-2-13/h1-6,12,19,22,40-42,49H,7-11H2,(H,35,43)(H,36,44)(H,37,47)(H,45,46). The van der Waals surface area contributed by atoms with Gasteiger partial charge in [-0.05, 0) is 48.4 Å². The lowest BCUT2D eigenvalue weighted by Crippen LogP contribution is -2.56. The molecule has 0 bridgehead atoms. The van der Waals surface area contributed by atoms with E-state index >= 15 is 0 Å². The second-order valence-corrected chi connectivity index (χ2v) is 13.9. The highest BCUT2D eigenvalue weighted by molar-refractivity contribution is 7.89. The number of carboxylic acid groups (broad SMARTS) is 1. The van der Waals surface area contributed by atoms with Crippen LogP contribution in [0.15, 0.2) is 42.5 Å². The van der Waals surface area contributed by atoms with E-state index in [9.17, 15) is 66.6 Å². The molecular formula is C30H27BClF2N5O13S. The van der Waals surface area contributed by atoms with E-state index in [2.05, 4.69) is 16.0 Å². The molecule has 0 aliphatic carbocycles. The van der Waals surface area contributed by atoms with Gasteiger partial charge in [0.1, 0.15) is 28.9 Å². The number of aromatic hydroxyl groups is 3. The average molecular weight is 782 g/mol. The number of fused-ring (bicyclic) bond motifs is 1. The zero-order valence-electron chi connectivity index (χ0n) is 26.7. The fourth-order valence-electron chi connectivity index (χ4n) is 5.43. The summed E-state index contributed by atoms with van der Waals surface area (Å²) in [5.74, 6) is -11.7. The molecular weight excluding hydrogens is 755 g/mol. The number of carbonyl (C=O) groups excluding carboxylic acids is 4. The number of hydrogen-bond donors (Lipinski definition) is 8. The smallest absolute Gasteiger partial charge is 0.534 e. The topological polar surface area (TPSA) is 272 Å². The van der Waals surface area contributed by atoms with Gasteiger partial charge in [-0.2, -0.15) is 0 Å². The van der Waals surface area contributed by atoms with Crippen LogP contribution in [0.2, 0.25) is 5.02 Å². The highest BCUT2D eigenvalue weighted by atomic mass is 35.5. The van der Waals surface area contributed by atoms with E-state index in [-0.39, 0.29) is 23.3 Å². The van der Waals surface area contributed by atoms with Gasteiger partial charge in [-0.15, -0.1) is 0 Å². The van der Waals surface area contributed by atoms with Crippen LogP contribution in [0.1, 0.15) is 37.9 Å². The van der Waals surface area contributed by atoms with Gasteiger partial charge in [0.25, 0.3) is 5.91 Å². The Hall–Kier alpha value is -5.87. The van der Waals surface area contributed by atoms with Crippen molar-refractivity contribution in [1.82, 2.24) is 25.2 Å². The first kappa shape index (κ1) is 38.4. The molecule has 2 heterocycles. The van der Waals surface area contributed by atoms with Crippen molar-refractivity contribution >= 4 is 58.6 Å². The van der Waals surface area contributed by atoms with Crippen LogP contribution in [0, 0.1) is 11.6 Å². The third kappa shape index (κ3) is 7.83. The first-order chi connectivity index (χ1) is 24.9. The number of benzene rings is 3. The molecule has 0 aromatic heterocycles. The molecule has 5 rings (SSSR count). The maximum absolute atomic E-state index is 14.6. The van der Waals surface area contributed by atoms with E-state index in [4.69, 9.17) is 16.3 Å². The molecule has 280 valence electrons. The van der Waals surface area contributed by atoms with Gasteiger partial charge in [-0.25, -0.2) is 40.8 Å². The normalized spacial score (nSPS) is 16.0. The molecule has 18 nitrogen and oxygen atoms in total. The number of aromatic carboxylic acids is 1. The number of hydrogen-bond acceptors (Lipinski definition) is 12. The van der Waals surface area contributed by atoms with Crippen molar-refractivity contribution < 1.29 is 71.3 Å². The van der Waals surface area contributed by atoms with Crippen LogP contribution in [0.4, 0.5) is 18.4 Å². The predicted octanol–water partition coefficient (Wildman–Crippen LogP) is 0.821. The van der Waals surface area contributed by atoms with Gasteiger partial charge in [0.05, 0.1) is 29.8 Å². The van der Waals surface area contributed by atoms with Gasteiger partial charge in [0, 0.05) is 17.7 Å². The van der Waals surface area contributed by atoms with Gasteiger partial charge < -0.3 is 46.1 Å². The SMILES string of the molecule is O=C(NCCS(=O)(=O)N1CCN(C(=O)NC(C(=O)NC2Cc3ccc(F)c(C(=O)O)c3OB2O)c2cc(F)c(O)c(O)c2Cl)C1=O)c1ccc(O)cc1. The van der Waals surface area contributed by atoms with Crippen LogP contribution in [0.25, 0.3) is 0 Å². The highest BCUT2D eigenvalue weighted by Crippen LogP contribution is 2.41. The molecule has 2 aliphatic rings. The lowest BCUT2D eigenvalue weighted by molar-refractivity contribution is -0.123. The molecule has 53 heavy (non-hydrogen) atoms. The second kappa shape index (κ2) is 15.0. The van der Waals surface area contributed by atoms with E-state index in [1.165, 1.54) is 24.3 Å². The third-order valence-corrected chi connectivity index (χ3v) is 10.2. The summed E-state index contributed by atoms with van der Waals surface area (Å²) in [5, 5.41) is 55.2. The Morgan fingerprint density at radius 3 is 2.36 bits per heavy atom. The highest BCUT2D eigenvalue weighted by Gasteiger charge is 2.43. The number of halogens is 3. The lowest BCUT2D eigenvalue weighted by atomic mass is 9.72. The van der Waals surface area contributed by atoms with Gasteiger partial charge in [-0.3, -0.25) is 9.59 Å². The number of amides is 6. The van der Waals surface area contributed by atoms with Gasteiger partial charge in [0.2, 0.25) is 15.9 Å². The minimum Gasteiger partial charge on any atom is -0.534 e. The predicted molar refractivity (Wildman–Crippen MR) is 177 cm³/mol. The Kier molecular flexibility index (Phi) is 10.9. The van der Waals surface area contributed by atoms with E-state index in [0.717, 1.165) is 12.1 Å². The molecule has 0 spiro atoms. The van der Waals surface area contributed by atoms with Crippen molar-refractivity contribution in [2.24, 2.45) is 0 Å². The van der Waals surface area contributed by atoms with E-state index in [0.29, 0.717) is 15.3 Å². The second-order valence-electron chi connectivity index (χ2n) is 11.5. The Morgan fingerprint density at radius 2 is 1.70 bits per heavy atom. The van der Waals surface area contributed by atoms with Crippen LogP contribution >= 0.6 is 11.6 Å². The minimum atomic E-state index is -4.45. The molecule has 0 saturated carbocycles. The minimum absolute atomic E-state index is 0.0372. The maximum Gasteiger partial charge on any atom is 0.547 e. The first-order valence-corrected chi connectivity index (χ1v) is 17.2. The van der Waals surface area contributed by atoms with Crippen molar-refractivity contribution in [2.45, 2.75) is 18.4 Å². The third-order valence-electron chi connectivity index (χ3n) is 8.11. The Labute approximate surface area is 302 Å². The summed E-state index contributed by atoms with van der Waals surface area (Å²) in [6.45, 7) is -1.55. The molecule has 2 aliphatic heterocycles. The largest absolute Gasteiger partial charge is 0.547 e. The molecule has 1 saturated heterocycles. The molecule has 2 atom stereocenters. The molecule has 6 amide bonds. The number of carboxylic acids is 1. The molecule has 1 fully saturated rings. The fraction of sp³-hybridized carbons (Fsp3) is 0.233. The van der Waals surface area contributed by atoms with Crippen LogP contribution in [-0.4, -0.2) is 111 Å². The number of imide groups is 1. The number of nitrogens with zero attached hydrogens (tertiary/aromatic N) is 2. The molecule has 23 heteroatoms. The number of rotatable bonds is 10. The molecule has 3 aromatic rings. The van der Waals surface area contributed by atoms with Crippen LogP contribution in [0.5, 0.6) is 23.0 Å². The summed E-state index contributed by atoms with van der Waals surface area (Å²) in [6.07, 6.45) is -0.362. The fourth-order valence-corrected chi connectivity index (χ4v) is 6.96. The van der Waals surface area contributed by atoms with Crippen LogP contribution in [-0.2, 0) is 21.2 Å². The Morgan fingerprint density at radius 1 is 1.02 bits per heavy atom. The summed E-state index contributed by atoms with van der Waals surface area (Å²) in [4.78, 5) is 64.5. The van der Waals surface area contributed by atoms with Crippen molar-refractivity contribution in [3.05, 3.63) is 81.4 Å². The van der Waals surface area contributed by atoms with E-state index < -0.39 is 129 Å².